The van der Waals surface area contributed by atoms with Crippen molar-refractivity contribution >= 4 is 39.4 Å². The third-order valence-electron chi connectivity index (χ3n) is 2.44. The molecule has 1 atom stereocenters. The quantitative estimate of drug-likeness (QED) is 0.834. The average Bonchev–Trinajstić information content (AvgIpc) is 2.78. The third kappa shape index (κ3) is 2.33. The predicted octanol–water partition coefficient (Wildman–Crippen LogP) is 0.883. The van der Waals surface area contributed by atoms with Crippen LogP contribution in [0, 0.1) is 0 Å². The molecule has 0 aromatic carbocycles. The number of halogens is 1. The first-order chi connectivity index (χ1) is 8.44. The number of thioether (sulfide) groups is 1. The van der Waals surface area contributed by atoms with E-state index in [1.807, 2.05) is 0 Å². The lowest BCUT2D eigenvalue weighted by molar-refractivity contribution is -0.140. The standard InChI is InChI=1S/C9H9ClN2O4S2/c10-8-7(2-1-3-11-8)18(15,16)12-5-17-4-6(12)9(13)14/h1-3,6H,4-5H2,(H,13,14). The molecular formula is C9H9ClN2O4S2. The van der Waals surface area contributed by atoms with Crippen LogP contribution < -0.4 is 0 Å². The van der Waals surface area contributed by atoms with Crippen LogP contribution in [-0.4, -0.2) is 46.5 Å². The van der Waals surface area contributed by atoms with Gasteiger partial charge in [-0.15, -0.1) is 11.8 Å². The number of pyridine rings is 1. The van der Waals surface area contributed by atoms with Gasteiger partial charge in [0, 0.05) is 11.9 Å². The zero-order valence-electron chi connectivity index (χ0n) is 8.98. The van der Waals surface area contributed by atoms with Gasteiger partial charge in [-0.25, -0.2) is 13.4 Å². The largest absolute Gasteiger partial charge is 0.480 e. The van der Waals surface area contributed by atoms with Crippen molar-refractivity contribution in [3.05, 3.63) is 23.5 Å². The van der Waals surface area contributed by atoms with E-state index in [1.165, 1.54) is 30.1 Å². The van der Waals surface area contributed by atoms with Crippen LogP contribution in [0.2, 0.25) is 5.15 Å². The van der Waals surface area contributed by atoms with E-state index in [1.54, 1.807) is 0 Å². The second-order valence-electron chi connectivity index (χ2n) is 3.54. The number of hydrogen-bond acceptors (Lipinski definition) is 5. The Hall–Kier alpha value is -0.830. The van der Waals surface area contributed by atoms with Crippen molar-refractivity contribution in [2.75, 3.05) is 11.6 Å². The van der Waals surface area contributed by atoms with E-state index < -0.39 is 22.0 Å². The number of carboxylic acid groups (broad SMARTS) is 1. The van der Waals surface area contributed by atoms with Crippen LogP contribution in [0.15, 0.2) is 23.2 Å². The maximum absolute atomic E-state index is 12.3. The highest BCUT2D eigenvalue weighted by Gasteiger charge is 2.40. The van der Waals surface area contributed by atoms with Crippen molar-refractivity contribution in [1.82, 2.24) is 9.29 Å². The summed E-state index contributed by atoms with van der Waals surface area (Å²) in [5, 5.41) is 8.84. The number of carbonyl (C=O) groups is 1. The van der Waals surface area contributed by atoms with Crippen LogP contribution in [0.1, 0.15) is 0 Å². The molecule has 0 amide bonds. The SMILES string of the molecule is O=C(O)C1CSCN1S(=O)(=O)c1cccnc1Cl. The lowest BCUT2D eigenvalue weighted by Crippen LogP contribution is -2.41. The van der Waals surface area contributed by atoms with Crippen molar-refractivity contribution in [2.45, 2.75) is 10.9 Å². The number of aliphatic carboxylic acids is 1. The zero-order chi connectivity index (χ0) is 13.3. The lowest BCUT2D eigenvalue weighted by Gasteiger charge is -2.20. The molecule has 0 radical (unpaired) electrons. The first kappa shape index (κ1) is 13.6. The van der Waals surface area contributed by atoms with Crippen LogP contribution in [0.4, 0.5) is 0 Å². The zero-order valence-corrected chi connectivity index (χ0v) is 11.4. The summed E-state index contributed by atoms with van der Waals surface area (Å²) in [7, 11) is -3.93. The summed E-state index contributed by atoms with van der Waals surface area (Å²) in [6.45, 7) is 0. The van der Waals surface area contributed by atoms with E-state index in [4.69, 9.17) is 16.7 Å². The molecule has 1 aromatic rings. The monoisotopic (exact) mass is 308 g/mol. The van der Waals surface area contributed by atoms with Gasteiger partial charge in [0.1, 0.15) is 16.1 Å². The number of rotatable bonds is 3. The van der Waals surface area contributed by atoms with Gasteiger partial charge >= 0.3 is 5.97 Å². The van der Waals surface area contributed by atoms with Crippen molar-refractivity contribution in [3.63, 3.8) is 0 Å². The highest BCUT2D eigenvalue weighted by molar-refractivity contribution is 8.00. The van der Waals surface area contributed by atoms with Gasteiger partial charge in [0.2, 0.25) is 10.0 Å². The summed E-state index contributed by atoms with van der Waals surface area (Å²) in [5.41, 5.74) is 0. The molecule has 1 aliphatic rings. The molecular weight excluding hydrogens is 300 g/mol. The molecule has 1 aliphatic heterocycles. The van der Waals surface area contributed by atoms with Gasteiger partial charge in [0.25, 0.3) is 0 Å². The smallest absolute Gasteiger partial charge is 0.322 e. The summed E-state index contributed by atoms with van der Waals surface area (Å²) in [6.07, 6.45) is 1.37. The summed E-state index contributed by atoms with van der Waals surface area (Å²) in [5.74, 6) is -0.833. The first-order valence-corrected chi connectivity index (χ1v) is 7.85. The Morgan fingerprint density at radius 2 is 2.33 bits per heavy atom. The van der Waals surface area contributed by atoms with E-state index in [-0.39, 0.29) is 21.7 Å². The van der Waals surface area contributed by atoms with Crippen LogP contribution in [0.5, 0.6) is 0 Å². The minimum Gasteiger partial charge on any atom is -0.480 e. The van der Waals surface area contributed by atoms with Gasteiger partial charge in [-0.2, -0.15) is 4.31 Å². The number of aromatic nitrogens is 1. The molecule has 0 aliphatic carbocycles. The maximum Gasteiger partial charge on any atom is 0.322 e. The molecule has 18 heavy (non-hydrogen) atoms. The predicted molar refractivity (Wildman–Crippen MR) is 67.0 cm³/mol. The summed E-state index contributed by atoms with van der Waals surface area (Å²) >= 11 is 6.99. The Labute approximate surface area is 113 Å². The molecule has 1 fully saturated rings. The first-order valence-electron chi connectivity index (χ1n) is 4.87. The van der Waals surface area contributed by atoms with E-state index >= 15 is 0 Å². The highest BCUT2D eigenvalue weighted by atomic mass is 35.5. The summed E-state index contributed by atoms with van der Waals surface area (Å²) in [4.78, 5) is 14.5. The Morgan fingerprint density at radius 1 is 1.61 bits per heavy atom. The van der Waals surface area contributed by atoms with Crippen LogP contribution in [-0.2, 0) is 14.8 Å². The second-order valence-corrected chi connectivity index (χ2v) is 6.76. The van der Waals surface area contributed by atoms with Crippen molar-refractivity contribution in [2.24, 2.45) is 0 Å². The molecule has 1 saturated heterocycles. The minimum atomic E-state index is -3.93. The van der Waals surface area contributed by atoms with Crippen molar-refractivity contribution in [3.8, 4) is 0 Å². The second kappa shape index (κ2) is 5.04. The van der Waals surface area contributed by atoms with Gasteiger partial charge in [-0.3, -0.25) is 4.79 Å². The normalized spacial score (nSPS) is 21.1. The van der Waals surface area contributed by atoms with Crippen LogP contribution in [0.25, 0.3) is 0 Å². The van der Waals surface area contributed by atoms with Crippen LogP contribution >= 0.6 is 23.4 Å². The number of hydrogen-bond donors (Lipinski definition) is 1. The van der Waals surface area contributed by atoms with Gasteiger partial charge < -0.3 is 5.11 Å². The molecule has 2 rings (SSSR count). The molecule has 2 heterocycles. The number of nitrogens with zero attached hydrogens (tertiary/aromatic N) is 2. The molecule has 1 aromatic heterocycles. The fourth-order valence-electron chi connectivity index (χ4n) is 1.55. The fraction of sp³-hybridized carbons (Fsp3) is 0.333. The minimum absolute atomic E-state index is 0.102. The van der Waals surface area contributed by atoms with Crippen LogP contribution in [0.3, 0.4) is 0 Å². The van der Waals surface area contributed by atoms with E-state index in [0.717, 1.165) is 4.31 Å². The molecule has 0 bridgehead atoms. The average molecular weight is 309 g/mol. The van der Waals surface area contributed by atoms with E-state index in [2.05, 4.69) is 4.98 Å². The van der Waals surface area contributed by atoms with Gasteiger partial charge in [-0.05, 0) is 12.1 Å². The molecule has 6 nitrogen and oxygen atoms in total. The van der Waals surface area contributed by atoms with Crippen molar-refractivity contribution in [1.29, 1.82) is 0 Å². The Morgan fingerprint density at radius 3 is 2.94 bits per heavy atom. The molecule has 0 saturated carbocycles. The number of sulfonamides is 1. The molecule has 0 spiro atoms. The Kier molecular flexibility index (Phi) is 3.81. The van der Waals surface area contributed by atoms with Gasteiger partial charge in [0.05, 0.1) is 5.88 Å². The topological polar surface area (TPSA) is 87.6 Å². The van der Waals surface area contributed by atoms with E-state index in [0.29, 0.717) is 0 Å². The molecule has 1 unspecified atom stereocenters. The lowest BCUT2D eigenvalue weighted by atomic mass is 10.4. The fourth-order valence-corrected chi connectivity index (χ4v) is 5.11. The molecule has 1 N–H and O–H groups in total. The van der Waals surface area contributed by atoms with Gasteiger partial charge in [-0.1, -0.05) is 11.6 Å². The summed E-state index contributed by atoms with van der Waals surface area (Å²) in [6, 6.07) is 1.70. The van der Waals surface area contributed by atoms with Gasteiger partial charge in [0.15, 0.2) is 0 Å². The van der Waals surface area contributed by atoms with E-state index in [9.17, 15) is 13.2 Å². The maximum atomic E-state index is 12.3. The summed E-state index contributed by atoms with van der Waals surface area (Å²) < 4.78 is 25.5. The number of carboxylic acids is 1. The Balaban J connectivity index is 2.43. The molecule has 98 valence electrons. The van der Waals surface area contributed by atoms with Crippen molar-refractivity contribution < 1.29 is 18.3 Å². The highest BCUT2D eigenvalue weighted by Crippen LogP contribution is 2.30. The third-order valence-corrected chi connectivity index (χ3v) is 5.91. The Bertz CT molecular complexity index is 578. The molecule has 9 heteroatoms.